The molecule has 0 aromatic carbocycles. The second kappa shape index (κ2) is 5.98. The van der Waals surface area contributed by atoms with Crippen LogP contribution in [0.3, 0.4) is 0 Å². The number of nitrogens with zero attached hydrogens (tertiary/aromatic N) is 1. The normalized spacial score (nSPS) is 23.4. The topological polar surface area (TPSA) is 52.6 Å². The SMILES string of the molecule is CC(=O)NCCN1CCCCC1CO. The van der Waals surface area contributed by atoms with Crippen LogP contribution in [0.15, 0.2) is 0 Å². The zero-order chi connectivity index (χ0) is 10.4. The van der Waals surface area contributed by atoms with Crippen LogP contribution in [0.25, 0.3) is 0 Å². The van der Waals surface area contributed by atoms with Crippen molar-refractivity contribution in [2.24, 2.45) is 0 Å². The van der Waals surface area contributed by atoms with Gasteiger partial charge >= 0.3 is 0 Å². The minimum atomic E-state index is 0.0163. The van der Waals surface area contributed by atoms with Crippen LogP contribution >= 0.6 is 0 Å². The van der Waals surface area contributed by atoms with Crippen LogP contribution < -0.4 is 5.32 Å². The summed E-state index contributed by atoms with van der Waals surface area (Å²) >= 11 is 0. The third kappa shape index (κ3) is 3.64. The van der Waals surface area contributed by atoms with Crippen molar-refractivity contribution in [3.05, 3.63) is 0 Å². The molecular weight excluding hydrogens is 180 g/mol. The molecule has 0 radical (unpaired) electrons. The van der Waals surface area contributed by atoms with Gasteiger partial charge in [-0.3, -0.25) is 9.69 Å². The standard InChI is InChI=1S/C10H20N2O2/c1-9(14)11-5-7-12-6-3-2-4-10(12)8-13/h10,13H,2-8H2,1H3,(H,11,14). The molecule has 0 aliphatic carbocycles. The van der Waals surface area contributed by atoms with Crippen molar-refractivity contribution in [1.29, 1.82) is 0 Å². The number of carbonyl (C=O) groups excluding carboxylic acids is 1. The Morgan fingerprint density at radius 2 is 2.36 bits per heavy atom. The third-order valence-electron chi connectivity index (χ3n) is 2.73. The average Bonchev–Trinajstić information content (AvgIpc) is 2.18. The molecule has 0 bridgehead atoms. The van der Waals surface area contributed by atoms with Gasteiger partial charge in [0.2, 0.25) is 5.91 Å². The number of nitrogens with one attached hydrogen (secondary N) is 1. The van der Waals surface area contributed by atoms with Gasteiger partial charge in [0.05, 0.1) is 6.61 Å². The number of aliphatic hydroxyl groups is 1. The number of likely N-dealkylation sites (tertiary alicyclic amines) is 1. The van der Waals surface area contributed by atoms with Crippen molar-refractivity contribution in [3.8, 4) is 0 Å². The van der Waals surface area contributed by atoms with E-state index >= 15 is 0 Å². The molecule has 0 aromatic heterocycles. The lowest BCUT2D eigenvalue weighted by atomic mass is 10.0. The summed E-state index contributed by atoms with van der Waals surface area (Å²) in [6, 6.07) is 0.303. The van der Waals surface area contributed by atoms with Gasteiger partial charge in [0.15, 0.2) is 0 Å². The van der Waals surface area contributed by atoms with Crippen molar-refractivity contribution in [2.75, 3.05) is 26.2 Å². The zero-order valence-corrected chi connectivity index (χ0v) is 8.83. The lowest BCUT2D eigenvalue weighted by molar-refractivity contribution is -0.119. The maximum absolute atomic E-state index is 10.7. The first-order valence-corrected chi connectivity index (χ1v) is 5.33. The number of hydrogen-bond donors (Lipinski definition) is 2. The lowest BCUT2D eigenvalue weighted by Gasteiger charge is -2.34. The van der Waals surface area contributed by atoms with E-state index in [-0.39, 0.29) is 12.5 Å². The summed E-state index contributed by atoms with van der Waals surface area (Å²) in [4.78, 5) is 12.9. The van der Waals surface area contributed by atoms with Crippen molar-refractivity contribution in [1.82, 2.24) is 10.2 Å². The average molecular weight is 200 g/mol. The van der Waals surface area contributed by atoms with Gasteiger partial charge < -0.3 is 10.4 Å². The van der Waals surface area contributed by atoms with Crippen LogP contribution in [0.1, 0.15) is 26.2 Å². The lowest BCUT2D eigenvalue weighted by Crippen LogP contribution is -2.45. The predicted molar refractivity (Wildman–Crippen MR) is 55.0 cm³/mol. The fourth-order valence-corrected chi connectivity index (χ4v) is 1.94. The zero-order valence-electron chi connectivity index (χ0n) is 8.83. The summed E-state index contributed by atoms with van der Waals surface area (Å²) in [5.74, 6) is 0.0163. The van der Waals surface area contributed by atoms with Crippen LogP contribution in [-0.4, -0.2) is 48.2 Å². The van der Waals surface area contributed by atoms with Crippen LogP contribution in [0.4, 0.5) is 0 Å². The number of piperidine rings is 1. The highest BCUT2D eigenvalue weighted by molar-refractivity contribution is 5.72. The summed E-state index contributed by atoms with van der Waals surface area (Å²) in [6.07, 6.45) is 3.50. The van der Waals surface area contributed by atoms with Gasteiger partial charge in [-0.1, -0.05) is 6.42 Å². The Morgan fingerprint density at radius 1 is 1.57 bits per heavy atom. The molecule has 1 aliphatic heterocycles. The second-order valence-corrected chi connectivity index (χ2v) is 3.85. The van der Waals surface area contributed by atoms with E-state index in [2.05, 4.69) is 10.2 Å². The Kier molecular flexibility index (Phi) is 4.90. The van der Waals surface area contributed by atoms with Gasteiger partial charge in [0, 0.05) is 26.1 Å². The molecule has 1 amide bonds. The van der Waals surface area contributed by atoms with Crippen LogP contribution in [0.2, 0.25) is 0 Å². The maximum Gasteiger partial charge on any atom is 0.216 e. The number of amides is 1. The van der Waals surface area contributed by atoms with Crippen molar-refractivity contribution < 1.29 is 9.90 Å². The minimum absolute atomic E-state index is 0.0163. The summed E-state index contributed by atoms with van der Waals surface area (Å²) in [5, 5.41) is 11.9. The first kappa shape index (κ1) is 11.5. The monoisotopic (exact) mass is 200 g/mol. The van der Waals surface area contributed by atoms with E-state index < -0.39 is 0 Å². The van der Waals surface area contributed by atoms with E-state index in [4.69, 9.17) is 5.11 Å². The number of hydrogen-bond acceptors (Lipinski definition) is 3. The highest BCUT2D eigenvalue weighted by Crippen LogP contribution is 2.15. The Bertz CT molecular complexity index is 185. The highest BCUT2D eigenvalue weighted by atomic mass is 16.3. The first-order chi connectivity index (χ1) is 6.74. The van der Waals surface area contributed by atoms with E-state index in [0.29, 0.717) is 12.6 Å². The molecule has 0 aromatic rings. The largest absolute Gasteiger partial charge is 0.395 e. The summed E-state index contributed by atoms with van der Waals surface area (Å²) in [5.41, 5.74) is 0. The number of rotatable bonds is 4. The molecule has 1 atom stereocenters. The van der Waals surface area contributed by atoms with Crippen LogP contribution in [-0.2, 0) is 4.79 Å². The van der Waals surface area contributed by atoms with Crippen molar-refractivity contribution >= 4 is 5.91 Å². The molecule has 0 spiro atoms. The van der Waals surface area contributed by atoms with Gasteiger partial charge in [0.1, 0.15) is 0 Å². The number of carbonyl (C=O) groups is 1. The molecule has 14 heavy (non-hydrogen) atoms. The minimum Gasteiger partial charge on any atom is -0.395 e. The van der Waals surface area contributed by atoms with E-state index in [0.717, 1.165) is 19.5 Å². The Labute approximate surface area is 85.3 Å². The smallest absolute Gasteiger partial charge is 0.216 e. The van der Waals surface area contributed by atoms with E-state index in [1.807, 2.05) is 0 Å². The third-order valence-corrected chi connectivity index (χ3v) is 2.73. The van der Waals surface area contributed by atoms with Gasteiger partial charge in [0.25, 0.3) is 0 Å². The highest BCUT2D eigenvalue weighted by Gasteiger charge is 2.20. The Morgan fingerprint density at radius 3 is 3.00 bits per heavy atom. The van der Waals surface area contributed by atoms with Gasteiger partial charge in [-0.25, -0.2) is 0 Å². The quantitative estimate of drug-likeness (QED) is 0.670. The van der Waals surface area contributed by atoms with Gasteiger partial charge in [-0.15, -0.1) is 0 Å². The molecule has 1 rings (SSSR count). The molecule has 1 saturated heterocycles. The summed E-state index contributed by atoms with van der Waals surface area (Å²) < 4.78 is 0. The molecule has 4 heteroatoms. The fraction of sp³-hybridized carbons (Fsp3) is 0.900. The fourth-order valence-electron chi connectivity index (χ4n) is 1.94. The maximum atomic E-state index is 10.7. The molecule has 4 nitrogen and oxygen atoms in total. The van der Waals surface area contributed by atoms with Crippen molar-refractivity contribution in [2.45, 2.75) is 32.2 Å². The predicted octanol–water partition coefficient (Wildman–Crippen LogP) is -0.0307. The van der Waals surface area contributed by atoms with E-state index in [1.165, 1.54) is 19.8 Å². The molecule has 2 N–H and O–H groups in total. The molecule has 1 unspecified atom stereocenters. The van der Waals surface area contributed by atoms with Gasteiger partial charge in [-0.2, -0.15) is 0 Å². The molecule has 1 fully saturated rings. The molecule has 0 saturated carbocycles. The molecule has 1 heterocycles. The van der Waals surface area contributed by atoms with Crippen LogP contribution in [0, 0.1) is 0 Å². The van der Waals surface area contributed by atoms with Gasteiger partial charge in [-0.05, 0) is 19.4 Å². The molecule has 1 aliphatic rings. The number of aliphatic hydroxyl groups excluding tert-OH is 1. The Balaban J connectivity index is 2.22. The Hall–Kier alpha value is -0.610. The second-order valence-electron chi connectivity index (χ2n) is 3.85. The molecular formula is C10H20N2O2. The van der Waals surface area contributed by atoms with E-state index in [1.54, 1.807) is 0 Å². The summed E-state index contributed by atoms with van der Waals surface area (Å²) in [6.45, 7) is 4.35. The van der Waals surface area contributed by atoms with Crippen LogP contribution in [0.5, 0.6) is 0 Å². The summed E-state index contributed by atoms with van der Waals surface area (Å²) in [7, 11) is 0. The van der Waals surface area contributed by atoms with Crippen molar-refractivity contribution in [3.63, 3.8) is 0 Å². The molecule has 82 valence electrons. The first-order valence-electron chi connectivity index (χ1n) is 5.33. The van der Waals surface area contributed by atoms with E-state index in [9.17, 15) is 4.79 Å².